The molecule has 5 rings (SSSR count). The topological polar surface area (TPSA) is 99.1 Å². The van der Waals surface area contributed by atoms with Gasteiger partial charge in [0.1, 0.15) is 5.58 Å². The van der Waals surface area contributed by atoms with Crippen LogP contribution in [0.5, 0.6) is 0 Å². The van der Waals surface area contributed by atoms with Gasteiger partial charge in [0.15, 0.2) is 17.0 Å². The van der Waals surface area contributed by atoms with Crippen LogP contribution in [0.15, 0.2) is 61.9 Å². The van der Waals surface area contributed by atoms with E-state index in [1.165, 1.54) is 22.1 Å². The van der Waals surface area contributed by atoms with Gasteiger partial charge in [0, 0.05) is 18.7 Å². The molecule has 1 fully saturated rings. The number of carbonyl (C=O) groups is 1. The summed E-state index contributed by atoms with van der Waals surface area (Å²) < 4.78 is 8.67. The Morgan fingerprint density at radius 1 is 1.20 bits per heavy atom. The van der Waals surface area contributed by atoms with Crippen LogP contribution in [0, 0.1) is 0 Å². The van der Waals surface area contributed by atoms with Gasteiger partial charge in [-0.3, -0.25) is 14.2 Å². The third kappa shape index (κ3) is 3.37. The molecule has 1 aliphatic carbocycles. The average molecular weight is 422 g/mol. The summed E-state index contributed by atoms with van der Waals surface area (Å²) in [4.78, 5) is 38.3. The van der Waals surface area contributed by atoms with E-state index in [-0.39, 0.29) is 36.0 Å². The highest BCUT2D eigenvalue weighted by Gasteiger charge is 2.30. The van der Waals surface area contributed by atoms with Crippen LogP contribution in [0.3, 0.4) is 0 Å². The van der Waals surface area contributed by atoms with Gasteiger partial charge in [-0.25, -0.2) is 9.48 Å². The molecule has 8 nitrogen and oxygen atoms in total. The lowest BCUT2D eigenvalue weighted by Crippen LogP contribution is -2.32. The molecule has 1 aliphatic rings. The number of hydrogen-bond donors (Lipinski definition) is 1. The van der Waals surface area contributed by atoms with Gasteiger partial charge < -0.3 is 9.73 Å². The Bertz CT molecular complexity index is 1350. The number of fused-ring (bicyclic) bond motifs is 1. The van der Waals surface area contributed by atoms with Crippen LogP contribution in [-0.4, -0.2) is 26.8 Å². The molecule has 0 saturated heterocycles. The van der Waals surface area contributed by atoms with Gasteiger partial charge in [-0.2, -0.15) is 0 Å². The molecule has 9 heteroatoms. The molecule has 1 aromatic carbocycles. The first-order valence-corrected chi connectivity index (χ1v) is 10.5. The second kappa shape index (κ2) is 7.42. The second-order valence-electron chi connectivity index (χ2n) is 7.13. The van der Waals surface area contributed by atoms with Crippen molar-refractivity contribution in [2.24, 2.45) is 0 Å². The summed E-state index contributed by atoms with van der Waals surface area (Å²) in [5, 5.41) is 9.56. The predicted molar refractivity (Wildman–Crippen MR) is 113 cm³/mol. The summed E-state index contributed by atoms with van der Waals surface area (Å²) in [5.74, 6) is 0.101. The lowest BCUT2D eigenvalue weighted by molar-refractivity contribution is 0.0924. The van der Waals surface area contributed by atoms with Crippen molar-refractivity contribution >= 4 is 28.2 Å². The van der Waals surface area contributed by atoms with E-state index in [1.54, 1.807) is 28.8 Å². The second-order valence-corrected chi connectivity index (χ2v) is 8.08. The number of para-hydroxylation sites is 1. The molecular formula is C21H18N4O4S. The van der Waals surface area contributed by atoms with Crippen molar-refractivity contribution in [3.05, 3.63) is 74.3 Å². The number of aromatic nitrogens is 3. The molecule has 1 amide bonds. The van der Waals surface area contributed by atoms with Crippen LogP contribution in [0.4, 0.5) is 0 Å². The summed E-state index contributed by atoms with van der Waals surface area (Å²) in [6.45, 7) is 0.404. The summed E-state index contributed by atoms with van der Waals surface area (Å²) in [6.07, 6.45) is 1.95. The van der Waals surface area contributed by atoms with E-state index < -0.39 is 5.91 Å². The van der Waals surface area contributed by atoms with Crippen molar-refractivity contribution in [1.29, 1.82) is 0 Å². The third-order valence-corrected chi connectivity index (χ3v) is 5.86. The normalized spacial score (nSPS) is 13.6. The first-order chi connectivity index (χ1) is 14.6. The Labute approximate surface area is 174 Å². The number of hydrogen-bond acceptors (Lipinski definition) is 6. The third-order valence-electron chi connectivity index (χ3n) is 4.99. The minimum atomic E-state index is -0.508. The summed E-state index contributed by atoms with van der Waals surface area (Å²) >= 11 is 1.54. The molecule has 3 aromatic heterocycles. The Morgan fingerprint density at radius 3 is 2.80 bits per heavy atom. The van der Waals surface area contributed by atoms with Gasteiger partial charge in [-0.05, 0) is 36.4 Å². The quantitative estimate of drug-likeness (QED) is 0.515. The number of thiophene rings is 1. The lowest BCUT2D eigenvalue weighted by Gasteiger charge is -2.05. The number of benzene rings is 1. The summed E-state index contributed by atoms with van der Waals surface area (Å²) in [6, 6.07) is 12.0. The number of amides is 1. The Balaban J connectivity index is 1.33. The summed E-state index contributed by atoms with van der Waals surface area (Å²) in [7, 11) is 0. The monoisotopic (exact) mass is 422 g/mol. The number of nitrogens with one attached hydrogen (secondary N) is 1. The van der Waals surface area contributed by atoms with Gasteiger partial charge in [0.05, 0.1) is 16.8 Å². The van der Waals surface area contributed by atoms with Crippen molar-refractivity contribution in [3.63, 3.8) is 0 Å². The van der Waals surface area contributed by atoms with Crippen LogP contribution in [0.1, 0.15) is 29.4 Å². The van der Waals surface area contributed by atoms with Crippen LogP contribution < -0.4 is 16.4 Å². The zero-order valence-corrected chi connectivity index (χ0v) is 16.7. The van der Waals surface area contributed by atoms with Gasteiger partial charge in [-0.1, -0.05) is 18.2 Å². The molecule has 1 N–H and O–H groups in total. The average Bonchev–Trinajstić information content (AvgIpc) is 3.32. The number of rotatable bonds is 6. The SMILES string of the molecule is O=C(NCCn1nc(-c2cccs2)n(C2CC2)c1=O)c1cc(=O)c2ccccc2o1. The molecule has 3 heterocycles. The van der Waals surface area contributed by atoms with E-state index >= 15 is 0 Å². The molecule has 0 aliphatic heterocycles. The maximum atomic E-state index is 12.8. The molecule has 4 aromatic rings. The van der Waals surface area contributed by atoms with E-state index in [4.69, 9.17) is 4.42 Å². The van der Waals surface area contributed by atoms with Gasteiger partial charge in [-0.15, -0.1) is 16.4 Å². The van der Waals surface area contributed by atoms with Crippen LogP contribution >= 0.6 is 11.3 Å². The summed E-state index contributed by atoms with van der Waals surface area (Å²) in [5.41, 5.74) is -0.0930. The van der Waals surface area contributed by atoms with E-state index in [2.05, 4.69) is 10.4 Å². The minimum Gasteiger partial charge on any atom is -0.451 e. The minimum absolute atomic E-state index is 0.0613. The number of nitrogens with zero attached hydrogens (tertiary/aromatic N) is 3. The molecule has 0 unspecified atom stereocenters. The standard InChI is InChI=1S/C21H18N4O4S/c26-15-12-17(29-16-5-2-1-4-14(15)16)20(27)22-9-10-24-21(28)25(13-7-8-13)19(23-24)18-6-3-11-30-18/h1-6,11-13H,7-10H2,(H,22,27). The smallest absolute Gasteiger partial charge is 0.346 e. The van der Waals surface area contributed by atoms with Gasteiger partial charge >= 0.3 is 5.69 Å². The Morgan fingerprint density at radius 2 is 2.03 bits per heavy atom. The van der Waals surface area contributed by atoms with Crippen molar-refractivity contribution in [2.75, 3.05) is 6.54 Å². The molecule has 0 atom stereocenters. The van der Waals surface area contributed by atoms with Crippen LogP contribution in [-0.2, 0) is 6.54 Å². The van der Waals surface area contributed by atoms with Crippen LogP contribution in [0.2, 0.25) is 0 Å². The van der Waals surface area contributed by atoms with Crippen molar-refractivity contribution < 1.29 is 9.21 Å². The van der Waals surface area contributed by atoms with Crippen molar-refractivity contribution in [1.82, 2.24) is 19.7 Å². The van der Waals surface area contributed by atoms with E-state index in [0.29, 0.717) is 16.8 Å². The highest BCUT2D eigenvalue weighted by atomic mass is 32.1. The Hall–Kier alpha value is -3.46. The van der Waals surface area contributed by atoms with E-state index in [0.717, 1.165) is 17.7 Å². The largest absolute Gasteiger partial charge is 0.451 e. The Kier molecular flexibility index (Phi) is 4.59. The van der Waals surface area contributed by atoms with E-state index in [1.807, 2.05) is 17.5 Å². The fraction of sp³-hybridized carbons (Fsp3) is 0.238. The fourth-order valence-electron chi connectivity index (χ4n) is 3.38. The highest BCUT2D eigenvalue weighted by molar-refractivity contribution is 7.13. The molecule has 30 heavy (non-hydrogen) atoms. The first-order valence-electron chi connectivity index (χ1n) is 9.66. The first kappa shape index (κ1) is 18.6. The molecule has 0 spiro atoms. The molecule has 0 bridgehead atoms. The van der Waals surface area contributed by atoms with Crippen molar-refractivity contribution in [2.45, 2.75) is 25.4 Å². The maximum Gasteiger partial charge on any atom is 0.346 e. The highest BCUT2D eigenvalue weighted by Crippen LogP contribution is 2.37. The zero-order valence-electron chi connectivity index (χ0n) is 15.9. The zero-order chi connectivity index (χ0) is 20.7. The maximum absolute atomic E-state index is 12.8. The predicted octanol–water partition coefficient (Wildman–Crippen LogP) is 2.64. The van der Waals surface area contributed by atoms with Gasteiger partial charge in [0.25, 0.3) is 5.91 Å². The molecular weight excluding hydrogens is 404 g/mol. The molecule has 1 saturated carbocycles. The number of carbonyl (C=O) groups excluding carboxylic acids is 1. The van der Waals surface area contributed by atoms with Crippen LogP contribution in [0.25, 0.3) is 21.7 Å². The van der Waals surface area contributed by atoms with Gasteiger partial charge in [0.2, 0.25) is 0 Å². The van der Waals surface area contributed by atoms with E-state index in [9.17, 15) is 14.4 Å². The molecule has 152 valence electrons. The molecule has 0 radical (unpaired) electrons. The van der Waals surface area contributed by atoms with Crippen molar-refractivity contribution in [3.8, 4) is 10.7 Å². The lowest BCUT2D eigenvalue weighted by atomic mass is 10.2. The fourth-order valence-corrected chi connectivity index (χ4v) is 4.09.